The van der Waals surface area contributed by atoms with Crippen LogP contribution in [0.5, 0.6) is 0 Å². The number of carbonyl (C=O) groups excluding carboxylic acids is 2. The molecule has 0 fully saturated rings. The lowest BCUT2D eigenvalue weighted by atomic mass is 10.0. The number of aliphatic hydroxyl groups is 1. The van der Waals surface area contributed by atoms with E-state index in [2.05, 4.69) is 0 Å². The van der Waals surface area contributed by atoms with Crippen molar-refractivity contribution in [3.63, 3.8) is 0 Å². The highest BCUT2D eigenvalue weighted by Crippen LogP contribution is 2.21. The maximum atomic E-state index is 12.8. The van der Waals surface area contributed by atoms with Crippen LogP contribution in [0.15, 0.2) is 42.5 Å². The fourth-order valence-electron chi connectivity index (χ4n) is 2.37. The lowest BCUT2D eigenvalue weighted by Gasteiger charge is -2.26. The minimum Gasteiger partial charge on any atom is -0.464 e. The number of nitrogens with zero attached hydrogens (tertiary/aromatic N) is 1. The summed E-state index contributed by atoms with van der Waals surface area (Å²) in [5.74, 6) is -1.23. The third-order valence-corrected chi connectivity index (χ3v) is 3.43. The Morgan fingerprint density at radius 3 is 2.52 bits per heavy atom. The van der Waals surface area contributed by atoms with Gasteiger partial charge in [0.15, 0.2) is 6.04 Å². The van der Waals surface area contributed by atoms with Crippen molar-refractivity contribution in [2.45, 2.75) is 13.0 Å². The number of fused-ring (bicyclic) bond motifs is 1. The van der Waals surface area contributed by atoms with E-state index in [4.69, 9.17) is 9.57 Å². The predicted octanol–water partition coefficient (Wildman–Crippen LogP) is 1.77. The van der Waals surface area contributed by atoms with Crippen molar-refractivity contribution in [1.29, 1.82) is 0 Å². The van der Waals surface area contributed by atoms with E-state index >= 15 is 0 Å². The van der Waals surface area contributed by atoms with Crippen LogP contribution in [0, 0.1) is 0 Å². The summed E-state index contributed by atoms with van der Waals surface area (Å²) in [6, 6.07) is 11.5. The molecule has 0 spiro atoms. The molecule has 1 atom stereocenters. The first-order valence-corrected chi connectivity index (χ1v) is 7.27. The Labute approximate surface area is 134 Å². The summed E-state index contributed by atoms with van der Waals surface area (Å²) in [4.78, 5) is 29.8. The number of amides is 1. The Bertz CT molecular complexity index is 695. The Hall–Kier alpha value is -2.44. The normalized spacial score (nSPS) is 12.0. The van der Waals surface area contributed by atoms with E-state index in [-0.39, 0.29) is 6.61 Å². The number of ether oxygens (including phenoxy) is 1. The highest BCUT2D eigenvalue weighted by atomic mass is 16.7. The predicted molar refractivity (Wildman–Crippen MR) is 84.6 cm³/mol. The SMILES string of the molecule is CCOC(=O)C(CO)N(OC)C(=O)c1cccc2ccccc12. The summed E-state index contributed by atoms with van der Waals surface area (Å²) in [5, 5.41) is 11.9. The van der Waals surface area contributed by atoms with Crippen molar-refractivity contribution in [2.24, 2.45) is 0 Å². The van der Waals surface area contributed by atoms with E-state index in [0.717, 1.165) is 15.8 Å². The molecule has 0 heterocycles. The van der Waals surface area contributed by atoms with Gasteiger partial charge in [0.2, 0.25) is 0 Å². The lowest BCUT2D eigenvalue weighted by Crippen LogP contribution is -2.47. The molecule has 0 aromatic heterocycles. The number of rotatable bonds is 6. The van der Waals surface area contributed by atoms with E-state index in [9.17, 15) is 14.7 Å². The van der Waals surface area contributed by atoms with E-state index in [1.54, 1.807) is 19.1 Å². The summed E-state index contributed by atoms with van der Waals surface area (Å²) >= 11 is 0. The van der Waals surface area contributed by atoms with Gasteiger partial charge in [0.05, 0.1) is 20.3 Å². The van der Waals surface area contributed by atoms with Gasteiger partial charge in [-0.15, -0.1) is 0 Å². The van der Waals surface area contributed by atoms with Crippen LogP contribution in [0.3, 0.4) is 0 Å². The topological polar surface area (TPSA) is 76.1 Å². The molecule has 6 heteroatoms. The second-order valence-corrected chi connectivity index (χ2v) is 4.79. The molecular formula is C17H19NO5. The number of hydrogen-bond acceptors (Lipinski definition) is 5. The van der Waals surface area contributed by atoms with Crippen LogP contribution in [0.2, 0.25) is 0 Å². The van der Waals surface area contributed by atoms with Gasteiger partial charge in [0, 0.05) is 5.56 Å². The third-order valence-electron chi connectivity index (χ3n) is 3.43. The van der Waals surface area contributed by atoms with Crippen LogP contribution < -0.4 is 0 Å². The van der Waals surface area contributed by atoms with Crippen LogP contribution in [0.25, 0.3) is 10.8 Å². The first kappa shape index (κ1) is 16.9. The summed E-state index contributed by atoms with van der Waals surface area (Å²) in [5.41, 5.74) is 0.382. The first-order valence-electron chi connectivity index (χ1n) is 7.27. The average Bonchev–Trinajstić information content (AvgIpc) is 2.58. The van der Waals surface area contributed by atoms with Crippen molar-refractivity contribution in [3.05, 3.63) is 48.0 Å². The molecule has 2 aromatic rings. The van der Waals surface area contributed by atoms with Crippen molar-refractivity contribution in [2.75, 3.05) is 20.3 Å². The van der Waals surface area contributed by atoms with Crippen molar-refractivity contribution >= 4 is 22.6 Å². The highest BCUT2D eigenvalue weighted by molar-refractivity contribution is 6.07. The summed E-state index contributed by atoms with van der Waals surface area (Å²) in [6.07, 6.45) is 0. The second-order valence-electron chi connectivity index (χ2n) is 4.79. The van der Waals surface area contributed by atoms with Crippen LogP contribution >= 0.6 is 0 Å². The Morgan fingerprint density at radius 2 is 1.87 bits per heavy atom. The first-order chi connectivity index (χ1) is 11.1. The number of hydroxylamine groups is 2. The molecule has 0 aliphatic heterocycles. The van der Waals surface area contributed by atoms with Gasteiger partial charge in [0.1, 0.15) is 0 Å². The Morgan fingerprint density at radius 1 is 1.17 bits per heavy atom. The van der Waals surface area contributed by atoms with Gasteiger partial charge in [-0.1, -0.05) is 36.4 Å². The van der Waals surface area contributed by atoms with Gasteiger partial charge in [-0.25, -0.2) is 9.86 Å². The van der Waals surface area contributed by atoms with E-state index in [1.807, 2.05) is 30.3 Å². The fraction of sp³-hybridized carbons (Fsp3) is 0.294. The number of carbonyl (C=O) groups is 2. The molecule has 2 rings (SSSR count). The summed E-state index contributed by atoms with van der Waals surface area (Å²) < 4.78 is 4.88. The molecular weight excluding hydrogens is 298 g/mol. The number of esters is 1. The molecule has 0 aliphatic carbocycles. The zero-order chi connectivity index (χ0) is 16.8. The third kappa shape index (κ3) is 3.49. The van der Waals surface area contributed by atoms with Crippen LogP contribution in [-0.4, -0.2) is 48.4 Å². The number of aliphatic hydroxyl groups excluding tert-OH is 1. The van der Waals surface area contributed by atoms with Crippen molar-refractivity contribution in [3.8, 4) is 0 Å². The zero-order valence-electron chi connectivity index (χ0n) is 13.1. The summed E-state index contributed by atoms with van der Waals surface area (Å²) in [7, 11) is 1.27. The van der Waals surface area contributed by atoms with E-state index in [1.165, 1.54) is 7.11 Å². The molecule has 1 N–H and O–H groups in total. The van der Waals surface area contributed by atoms with Gasteiger partial charge in [0.25, 0.3) is 5.91 Å². The zero-order valence-corrected chi connectivity index (χ0v) is 13.1. The largest absolute Gasteiger partial charge is 0.464 e. The standard InChI is InChI=1S/C17H19NO5/c1-3-23-17(21)15(11-19)18(22-2)16(20)14-10-6-8-12-7-4-5-9-13(12)14/h4-10,15,19H,3,11H2,1-2H3. The summed E-state index contributed by atoms with van der Waals surface area (Å²) in [6.45, 7) is 1.20. The van der Waals surface area contributed by atoms with E-state index in [0.29, 0.717) is 5.56 Å². The second kappa shape index (κ2) is 7.71. The fourth-order valence-corrected chi connectivity index (χ4v) is 2.37. The van der Waals surface area contributed by atoms with Gasteiger partial charge in [-0.05, 0) is 23.8 Å². The van der Waals surface area contributed by atoms with Gasteiger partial charge >= 0.3 is 5.97 Å². The minimum absolute atomic E-state index is 0.148. The lowest BCUT2D eigenvalue weighted by molar-refractivity contribution is -0.175. The molecule has 1 unspecified atom stereocenters. The molecule has 0 aliphatic rings. The van der Waals surface area contributed by atoms with Crippen molar-refractivity contribution in [1.82, 2.24) is 5.06 Å². The van der Waals surface area contributed by atoms with Crippen LogP contribution in [0.1, 0.15) is 17.3 Å². The smallest absolute Gasteiger partial charge is 0.333 e. The molecule has 6 nitrogen and oxygen atoms in total. The minimum atomic E-state index is -1.22. The molecule has 0 bridgehead atoms. The highest BCUT2D eigenvalue weighted by Gasteiger charge is 2.32. The van der Waals surface area contributed by atoms with Gasteiger partial charge < -0.3 is 9.84 Å². The van der Waals surface area contributed by atoms with Crippen LogP contribution in [0.4, 0.5) is 0 Å². The molecule has 2 aromatic carbocycles. The van der Waals surface area contributed by atoms with Crippen LogP contribution in [-0.2, 0) is 14.4 Å². The average molecular weight is 317 g/mol. The monoisotopic (exact) mass is 317 g/mol. The van der Waals surface area contributed by atoms with Crippen molar-refractivity contribution < 1.29 is 24.3 Å². The maximum absolute atomic E-state index is 12.8. The molecule has 0 saturated heterocycles. The quantitative estimate of drug-likeness (QED) is 0.649. The molecule has 122 valence electrons. The molecule has 1 amide bonds. The maximum Gasteiger partial charge on any atom is 0.333 e. The number of hydrogen-bond donors (Lipinski definition) is 1. The Kier molecular flexibility index (Phi) is 5.67. The van der Waals surface area contributed by atoms with Gasteiger partial charge in [-0.3, -0.25) is 9.63 Å². The molecule has 23 heavy (non-hydrogen) atoms. The number of benzene rings is 2. The van der Waals surface area contributed by atoms with E-state index < -0.39 is 24.5 Å². The Balaban J connectivity index is 2.40. The van der Waals surface area contributed by atoms with Gasteiger partial charge in [-0.2, -0.15) is 0 Å². The molecule has 0 saturated carbocycles. The molecule has 0 radical (unpaired) electrons.